The smallest absolute Gasteiger partial charge is 0.333 e. The van der Waals surface area contributed by atoms with Crippen LogP contribution in [0.2, 0.25) is 5.02 Å². The van der Waals surface area contributed by atoms with E-state index in [9.17, 15) is 14.4 Å². The zero-order valence-electron chi connectivity index (χ0n) is 18.4. The molecule has 0 aliphatic rings. The van der Waals surface area contributed by atoms with Gasteiger partial charge in [0.2, 0.25) is 5.78 Å². The Morgan fingerprint density at radius 1 is 1.09 bits per heavy atom. The Morgan fingerprint density at radius 3 is 2.56 bits per heavy atom. The van der Waals surface area contributed by atoms with Crippen LogP contribution in [0.25, 0.3) is 33.9 Å². The predicted octanol–water partition coefficient (Wildman–Crippen LogP) is 3.02. The minimum absolute atomic E-state index is 0.149. The lowest BCUT2D eigenvalue weighted by atomic mass is 10.1. The molecule has 0 aliphatic heterocycles. The average molecular weight is 478 g/mol. The second-order valence-corrected chi connectivity index (χ2v) is 8.12. The molecule has 0 atom stereocenters. The molecule has 3 aromatic heterocycles. The van der Waals surface area contributed by atoms with Gasteiger partial charge in [0, 0.05) is 23.8 Å². The van der Waals surface area contributed by atoms with E-state index in [0.717, 1.165) is 21.5 Å². The van der Waals surface area contributed by atoms with Gasteiger partial charge in [0.15, 0.2) is 11.2 Å². The third kappa shape index (κ3) is 3.41. The number of nitrogens with zero attached hydrogens (tertiary/aromatic N) is 5. The van der Waals surface area contributed by atoms with Crippen LogP contribution in [0, 0.1) is 0 Å². The van der Waals surface area contributed by atoms with Gasteiger partial charge in [-0.15, -0.1) is 0 Å². The van der Waals surface area contributed by atoms with Crippen molar-refractivity contribution in [1.29, 1.82) is 0 Å². The van der Waals surface area contributed by atoms with Crippen molar-refractivity contribution in [2.24, 2.45) is 7.05 Å². The Bertz CT molecular complexity index is 1680. The van der Waals surface area contributed by atoms with Crippen LogP contribution in [0.5, 0.6) is 0 Å². The fourth-order valence-corrected chi connectivity index (χ4v) is 4.24. The van der Waals surface area contributed by atoms with E-state index in [4.69, 9.17) is 16.3 Å². The van der Waals surface area contributed by atoms with Crippen molar-refractivity contribution in [3.05, 3.63) is 86.7 Å². The van der Waals surface area contributed by atoms with E-state index < -0.39 is 23.8 Å². The molecule has 0 radical (unpaired) electrons. The third-order valence-electron chi connectivity index (χ3n) is 5.58. The second kappa shape index (κ2) is 8.35. The van der Waals surface area contributed by atoms with Gasteiger partial charge in [-0.2, -0.15) is 4.98 Å². The molecule has 0 unspecified atom stereocenters. The number of imidazole rings is 2. The van der Waals surface area contributed by atoms with Gasteiger partial charge in [-0.3, -0.25) is 23.1 Å². The third-order valence-corrected chi connectivity index (χ3v) is 5.81. The van der Waals surface area contributed by atoms with Crippen molar-refractivity contribution in [2.45, 2.75) is 13.5 Å². The lowest BCUT2D eigenvalue weighted by Crippen LogP contribution is -2.41. The summed E-state index contributed by atoms with van der Waals surface area (Å²) in [5.74, 6) is -0.236. The predicted molar refractivity (Wildman–Crippen MR) is 129 cm³/mol. The van der Waals surface area contributed by atoms with Gasteiger partial charge in [-0.05, 0) is 25.1 Å². The van der Waals surface area contributed by atoms with Crippen molar-refractivity contribution < 1.29 is 9.53 Å². The Balaban J connectivity index is 1.87. The molecule has 0 spiro atoms. The summed E-state index contributed by atoms with van der Waals surface area (Å²) in [6, 6.07) is 16.9. The van der Waals surface area contributed by atoms with Crippen molar-refractivity contribution >= 4 is 34.5 Å². The van der Waals surface area contributed by atoms with Gasteiger partial charge in [0.05, 0.1) is 18.0 Å². The summed E-state index contributed by atoms with van der Waals surface area (Å²) in [7, 11) is 1.51. The van der Waals surface area contributed by atoms with E-state index in [-0.39, 0.29) is 17.8 Å². The van der Waals surface area contributed by atoms with Crippen LogP contribution >= 0.6 is 11.6 Å². The first-order valence-corrected chi connectivity index (χ1v) is 11.0. The van der Waals surface area contributed by atoms with Gasteiger partial charge >= 0.3 is 11.7 Å². The summed E-state index contributed by atoms with van der Waals surface area (Å²) < 4.78 is 10.6. The van der Waals surface area contributed by atoms with Crippen molar-refractivity contribution in [3.63, 3.8) is 0 Å². The van der Waals surface area contributed by atoms with Crippen LogP contribution in [0.15, 0.2) is 70.4 Å². The van der Waals surface area contributed by atoms with Gasteiger partial charge in [0.25, 0.3) is 5.56 Å². The topological polar surface area (TPSA) is 92.5 Å². The summed E-state index contributed by atoms with van der Waals surface area (Å²) in [5, 5.41) is 0.545. The minimum Gasteiger partial charge on any atom is -0.465 e. The van der Waals surface area contributed by atoms with E-state index in [1.807, 2.05) is 47.0 Å². The molecule has 0 saturated carbocycles. The van der Waals surface area contributed by atoms with Crippen LogP contribution in [0.3, 0.4) is 0 Å². The molecular formula is C24H20ClN5O4. The number of aryl methyl sites for hydroxylation is 1. The van der Waals surface area contributed by atoms with E-state index >= 15 is 0 Å². The summed E-state index contributed by atoms with van der Waals surface area (Å²) in [4.78, 5) is 43.0. The molecule has 3 heterocycles. The molecular weight excluding hydrogens is 458 g/mol. The molecule has 5 rings (SSSR count). The Morgan fingerprint density at radius 2 is 1.85 bits per heavy atom. The highest BCUT2D eigenvalue weighted by Crippen LogP contribution is 2.29. The average Bonchev–Trinajstić information content (AvgIpc) is 3.38. The van der Waals surface area contributed by atoms with E-state index in [2.05, 4.69) is 4.98 Å². The second-order valence-electron chi connectivity index (χ2n) is 7.69. The first-order valence-electron chi connectivity index (χ1n) is 10.6. The van der Waals surface area contributed by atoms with E-state index in [0.29, 0.717) is 10.8 Å². The summed E-state index contributed by atoms with van der Waals surface area (Å²) >= 11 is 6.27. The number of aromatic nitrogens is 5. The fourth-order valence-electron chi connectivity index (χ4n) is 4.05. The number of rotatable bonds is 5. The molecule has 172 valence electrons. The Hall–Kier alpha value is -4.11. The van der Waals surface area contributed by atoms with Gasteiger partial charge in [0.1, 0.15) is 6.54 Å². The largest absolute Gasteiger partial charge is 0.465 e. The number of hydrogen-bond donors (Lipinski definition) is 0. The highest BCUT2D eigenvalue weighted by molar-refractivity contribution is 6.30. The molecule has 0 bridgehead atoms. The first kappa shape index (κ1) is 21.7. The molecule has 0 saturated heterocycles. The van der Waals surface area contributed by atoms with E-state index in [1.54, 1.807) is 29.7 Å². The zero-order valence-corrected chi connectivity index (χ0v) is 19.2. The minimum atomic E-state index is -0.664. The quantitative estimate of drug-likeness (QED) is 0.363. The standard InChI is InChI=1S/C24H20ClN5O4/c1-3-34-19(31)14-29-22(32)20-21(27(2)24(29)33)26-23-28(20)13-18(15-8-5-4-6-9-15)30(23)17-11-7-10-16(25)12-17/h4-13H,3,14H2,1-2H3. The van der Waals surface area contributed by atoms with Crippen LogP contribution < -0.4 is 11.2 Å². The Labute approximate surface area is 198 Å². The van der Waals surface area contributed by atoms with Crippen LogP contribution in [0.1, 0.15) is 6.92 Å². The molecule has 5 aromatic rings. The number of benzene rings is 2. The fraction of sp³-hybridized carbons (Fsp3) is 0.167. The number of fused-ring (bicyclic) bond motifs is 3. The number of esters is 1. The monoisotopic (exact) mass is 477 g/mol. The van der Waals surface area contributed by atoms with Crippen molar-refractivity contribution in [1.82, 2.24) is 23.1 Å². The first-order chi connectivity index (χ1) is 16.4. The maximum atomic E-state index is 13.4. The summed E-state index contributed by atoms with van der Waals surface area (Å²) in [5.41, 5.74) is 1.54. The van der Waals surface area contributed by atoms with Gasteiger partial charge in [-0.1, -0.05) is 48.0 Å². The molecule has 0 amide bonds. The summed E-state index contributed by atoms with van der Waals surface area (Å²) in [6.07, 6.45) is 1.79. The lowest BCUT2D eigenvalue weighted by molar-refractivity contribution is -0.143. The van der Waals surface area contributed by atoms with Gasteiger partial charge in [-0.25, -0.2) is 9.36 Å². The van der Waals surface area contributed by atoms with Crippen LogP contribution in [0.4, 0.5) is 0 Å². The number of halogens is 1. The number of ether oxygens (including phenoxy) is 1. The Kier molecular flexibility index (Phi) is 5.33. The molecule has 0 fully saturated rings. The maximum absolute atomic E-state index is 13.4. The van der Waals surface area contributed by atoms with Crippen LogP contribution in [-0.4, -0.2) is 35.7 Å². The molecule has 2 aromatic carbocycles. The van der Waals surface area contributed by atoms with E-state index in [1.165, 1.54) is 11.6 Å². The zero-order chi connectivity index (χ0) is 24.0. The number of carbonyl (C=O) groups excluding carboxylic acids is 1. The highest BCUT2D eigenvalue weighted by Gasteiger charge is 2.23. The normalized spacial score (nSPS) is 11.4. The molecule has 10 heteroatoms. The summed E-state index contributed by atoms with van der Waals surface area (Å²) in [6.45, 7) is 1.32. The van der Waals surface area contributed by atoms with Crippen molar-refractivity contribution in [2.75, 3.05) is 6.61 Å². The maximum Gasteiger partial charge on any atom is 0.333 e. The molecule has 9 nitrogen and oxygen atoms in total. The number of carbonyl (C=O) groups is 1. The lowest BCUT2D eigenvalue weighted by Gasteiger charge is -2.09. The SMILES string of the molecule is CCOC(=O)Cn1c(=O)c2c(nc3n(-c4cccc(Cl)c4)c(-c4ccccc4)cn23)n(C)c1=O. The van der Waals surface area contributed by atoms with Crippen molar-refractivity contribution in [3.8, 4) is 16.9 Å². The van der Waals surface area contributed by atoms with Gasteiger partial charge < -0.3 is 4.74 Å². The number of hydrogen-bond acceptors (Lipinski definition) is 5. The molecule has 0 aliphatic carbocycles. The highest BCUT2D eigenvalue weighted by atomic mass is 35.5. The molecule has 0 N–H and O–H groups in total. The van der Waals surface area contributed by atoms with Crippen LogP contribution in [-0.2, 0) is 23.1 Å². The molecule has 34 heavy (non-hydrogen) atoms.